The van der Waals surface area contributed by atoms with Crippen molar-refractivity contribution in [3.8, 4) is 0 Å². The number of nitrogens with one attached hydrogen (secondary N) is 1. The van der Waals surface area contributed by atoms with Crippen LogP contribution in [0.4, 0.5) is 5.69 Å². The maximum atomic E-state index is 12.2. The van der Waals surface area contributed by atoms with E-state index in [1.54, 1.807) is 25.1 Å². The first-order valence-corrected chi connectivity index (χ1v) is 10.5. The summed E-state index contributed by atoms with van der Waals surface area (Å²) >= 11 is 11.8. The number of halogens is 2. The third kappa shape index (κ3) is 5.09. The van der Waals surface area contributed by atoms with E-state index in [4.69, 9.17) is 27.9 Å². The molecule has 1 aromatic rings. The molecule has 1 aliphatic rings. The molecule has 7 nitrogen and oxygen atoms in total. The van der Waals surface area contributed by atoms with Crippen molar-refractivity contribution in [2.24, 2.45) is 0 Å². The molecule has 0 aromatic heterocycles. The highest BCUT2D eigenvalue weighted by atomic mass is 35.5. The number of sulfonamides is 1. The van der Waals surface area contributed by atoms with Crippen LogP contribution in [0.3, 0.4) is 0 Å². The zero-order chi connectivity index (χ0) is 19.3. The summed E-state index contributed by atoms with van der Waals surface area (Å²) in [6, 6.07) is 3.87. The number of carbonyl (C=O) groups excluding carboxylic acids is 2. The molecule has 1 atom stereocenters. The minimum absolute atomic E-state index is 0.0233. The highest BCUT2D eigenvalue weighted by Crippen LogP contribution is 2.29. The lowest BCUT2D eigenvalue weighted by atomic mass is 10.2. The third-order valence-electron chi connectivity index (χ3n) is 3.87. The van der Waals surface area contributed by atoms with E-state index in [2.05, 4.69) is 5.32 Å². The van der Waals surface area contributed by atoms with E-state index in [0.717, 1.165) is 0 Å². The van der Waals surface area contributed by atoms with Crippen LogP contribution >= 0.6 is 23.2 Å². The second-order valence-electron chi connectivity index (χ2n) is 5.84. The maximum Gasteiger partial charge on any atom is 0.324 e. The Morgan fingerprint density at radius 3 is 2.77 bits per heavy atom. The van der Waals surface area contributed by atoms with Crippen molar-refractivity contribution in [2.75, 3.05) is 24.2 Å². The zero-order valence-corrected chi connectivity index (χ0v) is 16.5. The summed E-state index contributed by atoms with van der Waals surface area (Å²) in [5.74, 6) is -1.34. The minimum atomic E-state index is -3.50. The van der Waals surface area contributed by atoms with E-state index in [1.165, 1.54) is 4.31 Å². The Kier molecular flexibility index (Phi) is 7.28. The monoisotopic (exact) mass is 422 g/mol. The molecule has 144 valence electrons. The van der Waals surface area contributed by atoms with Crippen LogP contribution in [-0.4, -0.2) is 49.5 Å². The Morgan fingerprint density at radius 1 is 1.35 bits per heavy atom. The topological polar surface area (TPSA) is 92.8 Å². The van der Waals surface area contributed by atoms with Crippen LogP contribution in [0, 0.1) is 0 Å². The molecule has 1 unspecified atom stereocenters. The largest absolute Gasteiger partial charge is 0.454 e. The molecule has 0 bridgehead atoms. The lowest BCUT2D eigenvalue weighted by molar-refractivity contribution is -0.150. The number of rotatable bonds is 7. The SMILES string of the molecule is CCCS(=O)(=O)N1CCCC1C(=O)OCC(=O)Nc1cccc(Cl)c1Cl. The first-order chi connectivity index (χ1) is 12.3. The summed E-state index contributed by atoms with van der Waals surface area (Å²) in [6.07, 6.45) is 1.42. The van der Waals surface area contributed by atoms with Crippen LogP contribution in [0.25, 0.3) is 0 Å². The highest BCUT2D eigenvalue weighted by molar-refractivity contribution is 7.89. The molecule has 26 heavy (non-hydrogen) atoms. The first-order valence-electron chi connectivity index (χ1n) is 8.16. The van der Waals surface area contributed by atoms with Crippen molar-refractivity contribution < 1.29 is 22.7 Å². The minimum Gasteiger partial charge on any atom is -0.454 e. The Hall–Kier alpha value is -1.35. The Labute approximate surface area is 162 Å². The van der Waals surface area contributed by atoms with Crippen LogP contribution < -0.4 is 5.32 Å². The van der Waals surface area contributed by atoms with E-state index in [1.807, 2.05) is 0 Å². The van der Waals surface area contributed by atoms with Crippen LogP contribution in [0.5, 0.6) is 0 Å². The van der Waals surface area contributed by atoms with Crippen LogP contribution in [0.1, 0.15) is 26.2 Å². The molecule has 10 heteroatoms. The number of hydrogen-bond acceptors (Lipinski definition) is 5. The molecule has 0 saturated carbocycles. The van der Waals surface area contributed by atoms with Crippen LogP contribution in [0.2, 0.25) is 10.0 Å². The summed E-state index contributed by atoms with van der Waals surface area (Å²) in [7, 11) is -3.50. The fourth-order valence-corrected chi connectivity index (χ4v) is 4.79. The molecule has 1 amide bonds. The Bertz CT molecular complexity index is 785. The van der Waals surface area contributed by atoms with Gasteiger partial charge in [0.2, 0.25) is 10.0 Å². The average Bonchev–Trinajstić information content (AvgIpc) is 3.07. The molecule has 1 fully saturated rings. The van der Waals surface area contributed by atoms with E-state index in [-0.39, 0.29) is 22.3 Å². The number of anilines is 1. The van der Waals surface area contributed by atoms with Crippen molar-refractivity contribution in [3.63, 3.8) is 0 Å². The van der Waals surface area contributed by atoms with Crippen molar-refractivity contribution in [1.82, 2.24) is 4.31 Å². The molecule has 0 radical (unpaired) electrons. The summed E-state index contributed by atoms with van der Waals surface area (Å²) < 4.78 is 30.6. The molecule has 0 spiro atoms. The predicted molar refractivity (Wildman–Crippen MR) is 99.9 cm³/mol. The lowest BCUT2D eigenvalue weighted by Crippen LogP contribution is -2.43. The van der Waals surface area contributed by atoms with Crippen molar-refractivity contribution >= 4 is 50.8 Å². The fraction of sp³-hybridized carbons (Fsp3) is 0.500. The molecular formula is C16H20Cl2N2O5S. The number of nitrogens with zero attached hydrogens (tertiary/aromatic N) is 1. The summed E-state index contributed by atoms with van der Waals surface area (Å²) in [5.41, 5.74) is 0.299. The summed E-state index contributed by atoms with van der Waals surface area (Å²) in [5, 5.41) is 2.96. The second kappa shape index (κ2) is 9.03. The van der Waals surface area contributed by atoms with Gasteiger partial charge in [-0.2, -0.15) is 4.31 Å². The fourth-order valence-electron chi connectivity index (χ4n) is 2.70. The molecule has 1 heterocycles. The van der Waals surface area contributed by atoms with Crippen molar-refractivity contribution in [3.05, 3.63) is 28.2 Å². The third-order valence-corrected chi connectivity index (χ3v) is 6.76. The normalized spacial score (nSPS) is 17.9. The van der Waals surface area contributed by atoms with Gasteiger partial charge in [0.05, 0.1) is 21.5 Å². The highest BCUT2D eigenvalue weighted by Gasteiger charge is 2.39. The van der Waals surface area contributed by atoms with Gasteiger partial charge in [-0.05, 0) is 31.4 Å². The quantitative estimate of drug-likeness (QED) is 0.681. The smallest absolute Gasteiger partial charge is 0.324 e. The number of carbonyl (C=O) groups is 2. The number of ether oxygens (including phenoxy) is 1. The molecule has 2 rings (SSSR count). The number of benzene rings is 1. The number of hydrogen-bond donors (Lipinski definition) is 1. The van der Waals surface area contributed by atoms with E-state index in [9.17, 15) is 18.0 Å². The van der Waals surface area contributed by atoms with Crippen molar-refractivity contribution in [2.45, 2.75) is 32.2 Å². The number of esters is 1. The summed E-state index contributed by atoms with van der Waals surface area (Å²) in [4.78, 5) is 24.2. The molecule has 1 saturated heterocycles. The van der Waals surface area contributed by atoms with E-state index >= 15 is 0 Å². The van der Waals surface area contributed by atoms with E-state index < -0.39 is 34.5 Å². The first kappa shape index (κ1) is 21.0. The van der Waals surface area contributed by atoms with E-state index in [0.29, 0.717) is 24.9 Å². The van der Waals surface area contributed by atoms with Crippen molar-refractivity contribution in [1.29, 1.82) is 0 Å². The van der Waals surface area contributed by atoms with Gasteiger partial charge in [-0.15, -0.1) is 0 Å². The average molecular weight is 423 g/mol. The van der Waals surface area contributed by atoms with Gasteiger partial charge >= 0.3 is 5.97 Å². The van der Waals surface area contributed by atoms with Gasteiger partial charge in [0, 0.05) is 6.54 Å². The van der Waals surface area contributed by atoms with Gasteiger partial charge in [-0.25, -0.2) is 8.42 Å². The van der Waals surface area contributed by atoms with Gasteiger partial charge in [0.25, 0.3) is 5.91 Å². The van der Waals surface area contributed by atoms with Gasteiger partial charge in [0.1, 0.15) is 6.04 Å². The zero-order valence-electron chi connectivity index (χ0n) is 14.2. The molecule has 1 aromatic carbocycles. The standard InChI is InChI=1S/C16H20Cl2N2O5S/c1-2-9-26(23,24)20-8-4-7-13(20)16(22)25-10-14(21)19-12-6-3-5-11(17)15(12)18/h3,5-6,13H,2,4,7-10H2,1H3,(H,19,21). The Morgan fingerprint density at radius 2 is 2.08 bits per heavy atom. The van der Waals surface area contributed by atoms with Gasteiger partial charge in [0.15, 0.2) is 6.61 Å². The second-order valence-corrected chi connectivity index (χ2v) is 8.67. The van der Waals surface area contributed by atoms with Crippen LogP contribution in [0.15, 0.2) is 18.2 Å². The molecule has 0 aliphatic carbocycles. The number of amides is 1. The van der Waals surface area contributed by atoms with Crippen LogP contribution in [-0.2, 0) is 24.3 Å². The Balaban J connectivity index is 1.93. The molecular weight excluding hydrogens is 403 g/mol. The van der Waals surface area contributed by atoms with Gasteiger partial charge < -0.3 is 10.1 Å². The molecule has 1 aliphatic heterocycles. The van der Waals surface area contributed by atoms with Gasteiger partial charge in [-0.1, -0.05) is 36.2 Å². The predicted octanol–water partition coefficient (Wildman–Crippen LogP) is 2.68. The van der Waals surface area contributed by atoms with Gasteiger partial charge in [-0.3, -0.25) is 9.59 Å². The maximum absolute atomic E-state index is 12.2. The molecule has 1 N–H and O–H groups in total. The summed E-state index contributed by atoms with van der Waals surface area (Å²) in [6.45, 7) is 1.50. The lowest BCUT2D eigenvalue weighted by Gasteiger charge is -2.22.